The van der Waals surface area contributed by atoms with Gasteiger partial charge in [0.25, 0.3) is 5.89 Å². The summed E-state index contributed by atoms with van der Waals surface area (Å²) >= 11 is 0. The molecule has 7 heteroatoms. The molecular weight excluding hydrogens is 211 g/mol. The second-order valence-electron chi connectivity index (χ2n) is 3.11. The van der Waals surface area contributed by atoms with E-state index in [0.29, 0.717) is 18.8 Å². The number of rotatable bonds is 2. The molecule has 0 radical (unpaired) electrons. The highest BCUT2D eigenvalue weighted by atomic mass is 35.5. The smallest absolute Gasteiger partial charge is 0.265 e. The van der Waals surface area contributed by atoms with Crippen LogP contribution in [0.1, 0.15) is 18.1 Å². The maximum absolute atomic E-state index is 13.9. The average molecular weight is 223 g/mol. The monoisotopic (exact) mass is 222 g/mol. The van der Waals surface area contributed by atoms with Gasteiger partial charge in [-0.3, -0.25) is 0 Å². The highest BCUT2D eigenvalue weighted by Crippen LogP contribution is 2.30. The molecular formula is C7H12ClFN4O. The van der Waals surface area contributed by atoms with E-state index in [9.17, 15) is 4.39 Å². The van der Waals surface area contributed by atoms with E-state index < -0.39 is 5.67 Å². The summed E-state index contributed by atoms with van der Waals surface area (Å²) in [7, 11) is 0. The lowest BCUT2D eigenvalue weighted by Crippen LogP contribution is -2.23. The van der Waals surface area contributed by atoms with Gasteiger partial charge in [0.15, 0.2) is 5.82 Å². The highest BCUT2D eigenvalue weighted by Gasteiger charge is 2.41. The van der Waals surface area contributed by atoms with Crippen molar-refractivity contribution in [2.45, 2.75) is 18.6 Å². The second-order valence-corrected chi connectivity index (χ2v) is 3.11. The van der Waals surface area contributed by atoms with Crippen LogP contribution in [0.5, 0.6) is 0 Å². The largest absolute Gasteiger partial charge is 0.336 e. The molecule has 0 amide bonds. The van der Waals surface area contributed by atoms with Gasteiger partial charge in [0.1, 0.15) is 0 Å². The number of nitrogens with zero attached hydrogens (tertiary/aromatic N) is 2. The van der Waals surface area contributed by atoms with Crippen LogP contribution >= 0.6 is 12.4 Å². The fourth-order valence-electron chi connectivity index (χ4n) is 1.36. The molecule has 0 aromatic carbocycles. The molecule has 1 aliphatic rings. The van der Waals surface area contributed by atoms with Crippen LogP contribution in [0.4, 0.5) is 4.39 Å². The molecule has 1 fully saturated rings. The van der Waals surface area contributed by atoms with Crippen molar-refractivity contribution in [1.82, 2.24) is 15.5 Å². The maximum Gasteiger partial charge on any atom is 0.265 e. The van der Waals surface area contributed by atoms with E-state index >= 15 is 0 Å². The highest BCUT2D eigenvalue weighted by molar-refractivity contribution is 5.85. The van der Waals surface area contributed by atoms with E-state index in [1.165, 1.54) is 0 Å². The molecule has 1 unspecified atom stereocenters. The van der Waals surface area contributed by atoms with E-state index in [2.05, 4.69) is 15.5 Å². The van der Waals surface area contributed by atoms with Crippen LogP contribution in [-0.4, -0.2) is 23.2 Å². The Bertz CT molecular complexity index is 300. The zero-order valence-electron chi connectivity index (χ0n) is 7.49. The Morgan fingerprint density at radius 1 is 1.64 bits per heavy atom. The summed E-state index contributed by atoms with van der Waals surface area (Å²) in [5.41, 5.74) is 3.78. The van der Waals surface area contributed by atoms with Gasteiger partial charge in [-0.1, -0.05) is 5.16 Å². The van der Waals surface area contributed by atoms with Gasteiger partial charge in [0.2, 0.25) is 5.67 Å². The number of alkyl halides is 1. The van der Waals surface area contributed by atoms with Crippen LogP contribution in [0.15, 0.2) is 4.52 Å². The Kier molecular flexibility index (Phi) is 3.41. The van der Waals surface area contributed by atoms with Crippen LogP contribution in [-0.2, 0) is 12.2 Å². The molecule has 2 rings (SSSR count). The summed E-state index contributed by atoms with van der Waals surface area (Å²) in [5.74, 6) is 0.386. The minimum absolute atomic E-state index is 0. The number of aromatic nitrogens is 2. The topological polar surface area (TPSA) is 77.0 Å². The molecule has 2 heterocycles. The Labute approximate surface area is 86.6 Å². The predicted octanol–water partition coefficient (Wildman–Crippen LogP) is 0.108. The standard InChI is InChI=1S/C7H11FN4O.ClH/c8-7(1-2-10-4-7)6-11-5(3-9)12-13-6;/h10H,1-4,9H2;1H. The molecule has 0 bridgehead atoms. The van der Waals surface area contributed by atoms with Gasteiger partial charge in [0.05, 0.1) is 6.54 Å². The summed E-state index contributed by atoms with van der Waals surface area (Å²) in [6.45, 7) is 1.04. The summed E-state index contributed by atoms with van der Waals surface area (Å²) in [5, 5.41) is 6.45. The van der Waals surface area contributed by atoms with E-state index in [1.54, 1.807) is 0 Å². The fourth-order valence-corrected chi connectivity index (χ4v) is 1.36. The van der Waals surface area contributed by atoms with Crippen molar-refractivity contribution in [2.75, 3.05) is 13.1 Å². The number of nitrogens with two attached hydrogens (primary N) is 1. The van der Waals surface area contributed by atoms with E-state index in [-0.39, 0.29) is 31.4 Å². The van der Waals surface area contributed by atoms with Gasteiger partial charge in [0, 0.05) is 13.0 Å². The van der Waals surface area contributed by atoms with Crippen LogP contribution in [0.2, 0.25) is 0 Å². The molecule has 0 aliphatic carbocycles. The third kappa shape index (κ3) is 1.87. The zero-order chi connectivity index (χ0) is 9.31. The lowest BCUT2D eigenvalue weighted by Gasteiger charge is -2.10. The third-order valence-electron chi connectivity index (χ3n) is 2.14. The minimum atomic E-state index is -1.50. The van der Waals surface area contributed by atoms with E-state index in [4.69, 9.17) is 10.3 Å². The molecule has 5 nitrogen and oxygen atoms in total. The second kappa shape index (κ2) is 4.20. The van der Waals surface area contributed by atoms with Crippen molar-refractivity contribution >= 4 is 12.4 Å². The lowest BCUT2D eigenvalue weighted by molar-refractivity contribution is 0.133. The first-order chi connectivity index (χ1) is 6.24. The van der Waals surface area contributed by atoms with Gasteiger partial charge in [-0.15, -0.1) is 12.4 Å². The summed E-state index contributed by atoms with van der Waals surface area (Å²) in [6.07, 6.45) is 0.374. The van der Waals surface area contributed by atoms with Crippen molar-refractivity contribution in [3.63, 3.8) is 0 Å². The van der Waals surface area contributed by atoms with Crippen LogP contribution < -0.4 is 11.1 Å². The Hall–Kier alpha value is -0.720. The molecule has 3 N–H and O–H groups in total. The fraction of sp³-hybridized carbons (Fsp3) is 0.714. The number of halogens is 2. The molecule has 80 valence electrons. The van der Waals surface area contributed by atoms with Crippen molar-refractivity contribution in [2.24, 2.45) is 5.73 Å². The van der Waals surface area contributed by atoms with Crippen LogP contribution in [0.25, 0.3) is 0 Å². The Balaban J connectivity index is 0.000000980. The van der Waals surface area contributed by atoms with Gasteiger partial charge < -0.3 is 15.6 Å². The SMILES string of the molecule is Cl.NCc1noc(C2(F)CCNC2)n1. The molecule has 0 saturated carbocycles. The van der Waals surface area contributed by atoms with Crippen LogP contribution in [0, 0.1) is 0 Å². The first kappa shape index (κ1) is 11.4. The minimum Gasteiger partial charge on any atom is -0.336 e. The molecule has 1 atom stereocenters. The first-order valence-corrected chi connectivity index (χ1v) is 4.17. The van der Waals surface area contributed by atoms with Crippen molar-refractivity contribution in [3.8, 4) is 0 Å². The average Bonchev–Trinajstić information content (AvgIpc) is 2.72. The van der Waals surface area contributed by atoms with Gasteiger partial charge in [-0.25, -0.2) is 4.39 Å². The molecule has 0 spiro atoms. The Morgan fingerprint density at radius 2 is 2.43 bits per heavy atom. The summed E-state index contributed by atoms with van der Waals surface area (Å²) < 4.78 is 18.7. The normalized spacial score (nSPS) is 26.1. The van der Waals surface area contributed by atoms with Crippen molar-refractivity contribution < 1.29 is 8.91 Å². The van der Waals surface area contributed by atoms with Crippen molar-refractivity contribution in [1.29, 1.82) is 0 Å². The third-order valence-corrected chi connectivity index (χ3v) is 2.14. The summed E-state index contributed by atoms with van der Waals surface area (Å²) in [4.78, 5) is 3.86. The molecule has 1 aliphatic heterocycles. The van der Waals surface area contributed by atoms with Gasteiger partial charge in [-0.2, -0.15) is 4.98 Å². The van der Waals surface area contributed by atoms with Gasteiger partial charge in [-0.05, 0) is 6.54 Å². The number of hydrogen-bond donors (Lipinski definition) is 2. The summed E-state index contributed by atoms with van der Waals surface area (Å²) in [6, 6.07) is 0. The number of nitrogens with one attached hydrogen (secondary N) is 1. The lowest BCUT2D eigenvalue weighted by atomic mass is 10.1. The molecule has 1 saturated heterocycles. The zero-order valence-corrected chi connectivity index (χ0v) is 8.31. The molecule has 1 aromatic rings. The number of hydrogen-bond acceptors (Lipinski definition) is 5. The first-order valence-electron chi connectivity index (χ1n) is 4.17. The van der Waals surface area contributed by atoms with Crippen molar-refractivity contribution in [3.05, 3.63) is 11.7 Å². The maximum atomic E-state index is 13.9. The van der Waals surface area contributed by atoms with E-state index in [0.717, 1.165) is 0 Å². The molecule has 1 aromatic heterocycles. The quantitative estimate of drug-likeness (QED) is 0.743. The van der Waals surface area contributed by atoms with E-state index in [1.807, 2.05) is 0 Å². The Morgan fingerprint density at radius 3 is 2.93 bits per heavy atom. The van der Waals surface area contributed by atoms with Gasteiger partial charge >= 0.3 is 0 Å². The predicted molar refractivity (Wildman–Crippen MR) is 49.7 cm³/mol. The van der Waals surface area contributed by atoms with Crippen LogP contribution in [0.3, 0.4) is 0 Å². The molecule has 14 heavy (non-hydrogen) atoms.